The van der Waals surface area contributed by atoms with Crippen LogP contribution in [0.4, 0.5) is 0 Å². The Morgan fingerprint density at radius 1 is 1.44 bits per heavy atom. The Labute approximate surface area is 57.0 Å². The fourth-order valence-corrected chi connectivity index (χ4v) is 1.50. The monoisotopic (exact) mass is 139 g/mol. The number of rotatable bonds is 0. The van der Waals surface area contributed by atoms with E-state index in [1.54, 1.807) is 18.0 Å². The average molecular weight is 139 g/mol. The number of fused-ring (bicyclic) bond motifs is 1. The number of hydrogen-bond donors (Lipinski definition) is 0. The Morgan fingerprint density at radius 2 is 2.44 bits per heavy atom. The van der Waals surface area contributed by atoms with Crippen molar-refractivity contribution >= 4 is 28.7 Å². The molecular formula is C5H5N3S. The summed E-state index contributed by atoms with van der Waals surface area (Å²) < 4.78 is 0. The molecule has 0 fully saturated rings. The first-order valence-corrected chi connectivity index (χ1v) is 3.67. The van der Waals surface area contributed by atoms with Crippen LogP contribution in [-0.4, -0.2) is 29.5 Å². The zero-order valence-corrected chi connectivity index (χ0v) is 5.56. The van der Waals surface area contributed by atoms with E-state index in [2.05, 4.69) is 15.0 Å². The highest BCUT2D eigenvalue weighted by Crippen LogP contribution is 2.15. The summed E-state index contributed by atoms with van der Waals surface area (Å²) in [6.45, 7) is 0.585. The largest absolute Gasteiger partial charge is 0.270 e. The van der Waals surface area contributed by atoms with Gasteiger partial charge in [-0.15, -0.1) is 0 Å². The van der Waals surface area contributed by atoms with Crippen LogP contribution in [0.25, 0.3) is 0 Å². The molecule has 2 aliphatic heterocycles. The quantitative estimate of drug-likeness (QED) is 0.483. The van der Waals surface area contributed by atoms with Crippen molar-refractivity contribution in [2.75, 3.05) is 12.5 Å². The van der Waals surface area contributed by atoms with E-state index in [9.17, 15) is 0 Å². The van der Waals surface area contributed by atoms with Crippen molar-refractivity contribution in [1.82, 2.24) is 0 Å². The normalized spacial score (nSPS) is 23.1. The summed E-state index contributed by atoms with van der Waals surface area (Å²) in [5, 5.41) is 1.06. The SMILES string of the molecule is C1=NCN=C2SCN=C12. The molecule has 2 heterocycles. The van der Waals surface area contributed by atoms with Gasteiger partial charge >= 0.3 is 0 Å². The van der Waals surface area contributed by atoms with Gasteiger partial charge < -0.3 is 0 Å². The lowest BCUT2D eigenvalue weighted by atomic mass is 10.4. The minimum atomic E-state index is 0.585. The van der Waals surface area contributed by atoms with Crippen LogP contribution >= 0.6 is 11.8 Å². The molecule has 0 aliphatic carbocycles. The van der Waals surface area contributed by atoms with Gasteiger partial charge in [0.05, 0.1) is 12.1 Å². The fraction of sp³-hybridized carbons (Fsp3) is 0.400. The van der Waals surface area contributed by atoms with Gasteiger partial charge in [0, 0.05) is 0 Å². The summed E-state index contributed by atoms with van der Waals surface area (Å²) in [4.78, 5) is 12.3. The first-order valence-electron chi connectivity index (χ1n) is 2.69. The summed E-state index contributed by atoms with van der Waals surface area (Å²) in [5.74, 6) is 0.820. The second kappa shape index (κ2) is 1.95. The number of nitrogens with zero attached hydrogens (tertiary/aromatic N) is 3. The summed E-state index contributed by atoms with van der Waals surface area (Å²) in [5.41, 5.74) is 0.964. The molecule has 0 radical (unpaired) electrons. The summed E-state index contributed by atoms with van der Waals surface area (Å²) in [6.07, 6.45) is 1.79. The van der Waals surface area contributed by atoms with E-state index in [0.717, 1.165) is 16.6 Å². The van der Waals surface area contributed by atoms with E-state index in [1.807, 2.05) is 0 Å². The maximum absolute atomic E-state index is 4.16. The van der Waals surface area contributed by atoms with Gasteiger partial charge in [-0.1, -0.05) is 11.8 Å². The molecule has 0 aromatic carbocycles. The zero-order chi connectivity index (χ0) is 6.10. The minimum Gasteiger partial charge on any atom is -0.270 e. The summed E-state index contributed by atoms with van der Waals surface area (Å²) in [7, 11) is 0. The molecule has 0 saturated heterocycles. The molecule has 9 heavy (non-hydrogen) atoms. The van der Waals surface area contributed by atoms with Crippen LogP contribution in [0.2, 0.25) is 0 Å². The predicted octanol–water partition coefficient (Wildman–Crippen LogP) is 0.572. The lowest BCUT2D eigenvalue weighted by molar-refractivity contribution is 1.08. The first kappa shape index (κ1) is 5.17. The lowest BCUT2D eigenvalue weighted by Crippen LogP contribution is -2.11. The highest BCUT2D eigenvalue weighted by atomic mass is 32.2. The average Bonchev–Trinajstić information content (AvgIpc) is 2.33. The fourth-order valence-electron chi connectivity index (χ4n) is 0.760. The van der Waals surface area contributed by atoms with Crippen LogP contribution in [-0.2, 0) is 0 Å². The Hall–Kier alpha value is -0.640. The van der Waals surface area contributed by atoms with Crippen molar-refractivity contribution in [3.05, 3.63) is 0 Å². The molecule has 0 atom stereocenters. The van der Waals surface area contributed by atoms with Gasteiger partial charge in [0.15, 0.2) is 0 Å². The van der Waals surface area contributed by atoms with Gasteiger partial charge in [0.1, 0.15) is 17.4 Å². The predicted molar refractivity (Wildman–Crippen MR) is 40.7 cm³/mol. The van der Waals surface area contributed by atoms with Crippen molar-refractivity contribution < 1.29 is 0 Å². The molecule has 0 aromatic rings. The number of aliphatic imine (C=N–C) groups is 3. The molecule has 0 spiro atoms. The van der Waals surface area contributed by atoms with Gasteiger partial charge in [-0.05, 0) is 0 Å². The van der Waals surface area contributed by atoms with Crippen molar-refractivity contribution in [3.63, 3.8) is 0 Å². The maximum atomic E-state index is 4.16. The van der Waals surface area contributed by atoms with Gasteiger partial charge in [-0.2, -0.15) is 0 Å². The molecule has 2 aliphatic rings. The van der Waals surface area contributed by atoms with Crippen LogP contribution in [0.15, 0.2) is 15.0 Å². The van der Waals surface area contributed by atoms with Crippen molar-refractivity contribution in [2.45, 2.75) is 0 Å². The molecule has 46 valence electrons. The topological polar surface area (TPSA) is 37.1 Å². The van der Waals surface area contributed by atoms with Crippen LogP contribution in [0.1, 0.15) is 0 Å². The summed E-state index contributed by atoms with van der Waals surface area (Å²) in [6, 6.07) is 0. The van der Waals surface area contributed by atoms with Gasteiger partial charge in [0.25, 0.3) is 0 Å². The molecule has 0 unspecified atom stereocenters. The maximum Gasteiger partial charge on any atom is 0.130 e. The highest BCUT2D eigenvalue weighted by molar-refractivity contribution is 8.16. The third kappa shape index (κ3) is 0.790. The third-order valence-corrected chi connectivity index (χ3v) is 2.03. The Bertz CT molecular complexity index is 216. The van der Waals surface area contributed by atoms with E-state index in [0.29, 0.717) is 6.67 Å². The van der Waals surface area contributed by atoms with Gasteiger partial charge in [-0.3, -0.25) is 15.0 Å². The first-order chi connectivity index (χ1) is 4.47. The van der Waals surface area contributed by atoms with Crippen LogP contribution < -0.4 is 0 Å². The second-order valence-corrected chi connectivity index (χ2v) is 2.67. The molecule has 0 saturated carbocycles. The van der Waals surface area contributed by atoms with Crippen LogP contribution in [0.5, 0.6) is 0 Å². The molecule has 3 nitrogen and oxygen atoms in total. The van der Waals surface area contributed by atoms with Crippen molar-refractivity contribution in [3.8, 4) is 0 Å². The highest BCUT2D eigenvalue weighted by Gasteiger charge is 2.14. The molecular weight excluding hydrogens is 134 g/mol. The van der Waals surface area contributed by atoms with Crippen molar-refractivity contribution in [2.24, 2.45) is 15.0 Å². The third-order valence-electron chi connectivity index (χ3n) is 1.16. The van der Waals surface area contributed by atoms with Crippen molar-refractivity contribution in [1.29, 1.82) is 0 Å². The Kier molecular flexibility index (Phi) is 1.12. The Morgan fingerprint density at radius 3 is 3.33 bits per heavy atom. The number of hydrogen-bond acceptors (Lipinski definition) is 4. The smallest absolute Gasteiger partial charge is 0.130 e. The van der Waals surface area contributed by atoms with Crippen LogP contribution in [0, 0.1) is 0 Å². The standard InChI is InChI=1S/C5H5N3S/c1-4-5(7-2-6-1)9-3-8-4/h1H,2-3H2. The molecule has 0 bridgehead atoms. The van der Waals surface area contributed by atoms with E-state index >= 15 is 0 Å². The van der Waals surface area contributed by atoms with E-state index in [-0.39, 0.29) is 0 Å². The molecule has 2 rings (SSSR count). The lowest BCUT2D eigenvalue weighted by Gasteiger charge is -1.98. The van der Waals surface area contributed by atoms with E-state index in [1.165, 1.54) is 0 Å². The van der Waals surface area contributed by atoms with E-state index < -0.39 is 0 Å². The van der Waals surface area contributed by atoms with Gasteiger partial charge in [0.2, 0.25) is 0 Å². The Balaban J connectivity index is 2.37. The van der Waals surface area contributed by atoms with E-state index in [4.69, 9.17) is 0 Å². The number of thioether (sulfide) groups is 1. The molecule has 0 N–H and O–H groups in total. The second-order valence-electron chi connectivity index (χ2n) is 1.73. The minimum absolute atomic E-state index is 0.585. The van der Waals surface area contributed by atoms with Crippen LogP contribution in [0.3, 0.4) is 0 Å². The molecule has 0 aromatic heterocycles. The summed E-state index contributed by atoms with van der Waals surface area (Å²) >= 11 is 1.68. The zero-order valence-electron chi connectivity index (χ0n) is 4.74. The molecule has 4 heteroatoms. The molecule has 0 amide bonds. The van der Waals surface area contributed by atoms with Gasteiger partial charge in [-0.25, -0.2) is 0 Å².